The Morgan fingerprint density at radius 2 is 2.33 bits per heavy atom. The standard InChI is InChI=1S/C12H18O2S/c1-8-6-11(9(2)15-8)12(13)10-4-3-5-14-7-10/h6,10,12-13H,3-5,7H2,1-2H3. The van der Waals surface area contributed by atoms with E-state index in [1.54, 1.807) is 11.3 Å². The minimum Gasteiger partial charge on any atom is -0.388 e. The summed E-state index contributed by atoms with van der Waals surface area (Å²) in [6.07, 6.45) is 1.81. The van der Waals surface area contributed by atoms with Crippen molar-refractivity contribution in [2.45, 2.75) is 32.8 Å². The first-order valence-electron chi connectivity index (χ1n) is 5.51. The lowest BCUT2D eigenvalue weighted by Crippen LogP contribution is -2.23. The van der Waals surface area contributed by atoms with E-state index in [9.17, 15) is 5.11 Å². The first kappa shape index (κ1) is 11.1. The van der Waals surface area contributed by atoms with Crippen LogP contribution in [0.2, 0.25) is 0 Å². The van der Waals surface area contributed by atoms with E-state index in [-0.39, 0.29) is 12.0 Å². The Balaban J connectivity index is 2.12. The van der Waals surface area contributed by atoms with Crippen LogP contribution in [0.1, 0.15) is 34.3 Å². The molecule has 84 valence electrons. The molecule has 0 radical (unpaired) electrons. The fourth-order valence-corrected chi connectivity index (χ4v) is 3.18. The van der Waals surface area contributed by atoms with E-state index in [1.165, 1.54) is 9.75 Å². The average Bonchev–Trinajstić information content (AvgIpc) is 2.58. The summed E-state index contributed by atoms with van der Waals surface area (Å²) < 4.78 is 5.41. The zero-order valence-electron chi connectivity index (χ0n) is 9.32. The van der Waals surface area contributed by atoms with Crippen molar-refractivity contribution in [1.82, 2.24) is 0 Å². The van der Waals surface area contributed by atoms with Crippen molar-refractivity contribution in [3.05, 3.63) is 21.4 Å². The van der Waals surface area contributed by atoms with Gasteiger partial charge in [0.1, 0.15) is 0 Å². The lowest BCUT2D eigenvalue weighted by molar-refractivity contribution is -0.0100. The highest BCUT2D eigenvalue weighted by atomic mass is 32.1. The molecule has 2 heterocycles. The van der Waals surface area contributed by atoms with Crippen LogP contribution in [0.25, 0.3) is 0 Å². The number of hydrogen-bond donors (Lipinski definition) is 1. The topological polar surface area (TPSA) is 29.5 Å². The molecule has 2 atom stereocenters. The first-order valence-corrected chi connectivity index (χ1v) is 6.33. The summed E-state index contributed by atoms with van der Waals surface area (Å²) >= 11 is 1.76. The van der Waals surface area contributed by atoms with Gasteiger partial charge >= 0.3 is 0 Å². The van der Waals surface area contributed by atoms with Gasteiger partial charge in [-0.15, -0.1) is 11.3 Å². The van der Waals surface area contributed by atoms with Gasteiger partial charge in [0, 0.05) is 22.3 Å². The molecule has 1 aromatic heterocycles. The monoisotopic (exact) mass is 226 g/mol. The van der Waals surface area contributed by atoms with Gasteiger partial charge in [0.25, 0.3) is 0 Å². The van der Waals surface area contributed by atoms with Crippen LogP contribution in [0.15, 0.2) is 6.07 Å². The normalized spacial score (nSPS) is 24.1. The first-order chi connectivity index (χ1) is 7.18. The maximum absolute atomic E-state index is 10.3. The Labute approximate surface area is 94.9 Å². The molecule has 3 heteroatoms. The van der Waals surface area contributed by atoms with Gasteiger partial charge in [-0.25, -0.2) is 0 Å². The summed E-state index contributed by atoms with van der Waals surface area (Å²) in [6.45, 7) is 5.73. The molecular formula is C12H18O2S. The van der Waals surface area contributed by atoms with Gasteiger partial charge < -0.3 is 9.84 Å². The van der Waals surface area contributed by atoms with Gasteiger partial charge in [-0.3, -0.25) is 0 Å². The van der Waals surface area contributed by atoms with Crippen molar-refractivity contribution in [3.63, 3.8) is 0 Å². The van der Waals surface area contributed by atoms with Crippen molar-refractivity contribution < 1.29 is 9.84 Å². The quantitative estimate of drug-likeness (QED) is 0.840. The van der Waals surface area contributed by atoms with Crippen molar-refractivity contribution >= 4 is 11.3 Å². The molecule has 1 aliphatic rings. The van der Waals surface area contributed by atoms with Gasteiger partial charge in [0.2, 0.25) is 0 Å². The van der Waals surface area contributed by atoms with Crippen LogP contribution in [-0.2, 0) is 4.74 Å². The second-order valence-corrected chi connectivity index (χ2v) is 5.75. The Morgan fingerprint density at radius 3 is 2.87 bits per heavy atom. The van der Waals surface area contributed by atoms with Crippen molar-refractivity contribution in [3.8, 4) is 0 Å². The summed E-state index contributed by atoms with van der Waals surface area (Å²) in [5.74, 6) is 0.284. The fourth-order valence-electron chi connectivity index (χ4n) is 2.21. The van der Waals surface area contributed by atoms with E-state index < -0.39 is 0 Å². The molecule has 0 bridgehead atoms. The third-order valence-electron chi connectivity index (χ3n) is 3.04. The number of rotatable bonds is 2. The molecule has 2 unspecified atom stereocenters. The second-order valence-electron chi connectivity index (χ2n) is 4.29. The summed E-state index contributed by atoms with van der Waals surface area (Å²) in [4.78, 5) is 2.52. The van der Waals surface area contributed by atoms with Gasteiger partial charge in [0.05, 0.1) is 12.7 Å². The van der Waals surface area contributed by atoms with Gasteiger partial charge in [-0.2, -0.15) is 0 Å². The number of thiophene rings is 1. The average molecular weight is 226 g/mol. The second kappa shape index (κ2) is 4.64. The third-order valence-corrected chi connectivity index (χ3v) is 4.02. The lowest BCUT2D eigenvalue weighted by atomic mass is 9.91. The zero-order chi connectivity index (χ0) is 10.8. The molecule has 1 N–H and O–H groups in total. The van der Waals surface area contributed by atoms with Crippen molar-refractivity contribution in [1.29, 1.82) is 0 Å². The van der Waals surface area contributed by atoms with Gasteiger partial charge in [-0.1, -0.05) is 0 Å². The summed E-state index contributed by atoms with van der Waals surface area (Å²) in [5.41, 5.74) is 1.10. The highest BCUT2D eigenvalue weighted by Gasteiger charge is 2.25. The fraction of sp³-hybridized carbons (Fsp3) is 0.667. The zero-order valence-corrected chi connectivity index (χ0v) is 10.1. The SMILES string of the molecule is Cc1cc(C(O)C2CCCOC2)c(C)s1. The molecule has 1 aliphatic heterocycles. The van der Waals surface area contributed by atoms with Crippen molar-refractivity contribution in [2.24, 2.45) is 5.92 Å². The molecule has 0 aromatic carbocycles. The van der Waals surface area contributed by atoms with E-state index >= 15 is 0 Å². The molecule has 15 heavy (non-hydrogen) atoms. The van der Waals surface area contributed by atoms with Crippen LogP contribution in [0, 0.1) is 19.8 Å². The summed E-state index contributed by atoms with van der Waals surface area (Å²) in [7, 11) is 0. The predicted molar refractivity (Wildman–Crippen MR) is 62.3 cm³/mol. The molecule has 0 saturated carbocycles. The number of aryl methyl sites for hydroxylation is 2. The maximum atomic E-state index is 10.3. The van der Waals surface area contributed by atoms with E-state index in [4.69, 9.17) is 4.74 Å². The lowest BCUT2D eigenvalue weighted by Gasteiger charge is -2.26. The van der Waals surface area contributed by atoms with Crippen LogP contribution in [0.4, 0.5) is 0 Å². The number of ether oxygens (including phenoxy) is 1. The Kier molecular flexibility index (Phi) is 3.44. The number of hydrogen-bond acceptors (Lipinski definition) is 3. The van der Waals surface area contributed by atoms with Crippen LogP contribution in [0.3, 0.4) is 0 Å². The largest absolute Gasteiger partial charge is 0.388 e. The maximum Gasteiger partial charge on any atom is 0.0850 e. The highest BCUT2D eigenvalue weighted by molar-refractivity contribution is 7.12. The molecule has 1 fully saturated rings. The summed E-state index contributed by atoms with van der Waals surface area (Å²) in [6, 6.07) is 2.11. The van der Waals surface area contributed by atoms with Crippen LogP contribution in [0.5, 0.6) is 0 Å². The molecule has 1 aromatic rings. The van der Waals surface area contributed by atoms with Crippen LogP contribution < -0.4 is 0 Å². The Morgan fingerprint density at radius 1 is 1.53 bits per heavy atom. The van der Waals surface area contributed by atoms with Crippen LogP contribution >= 0.6 is 11.3 Å². The minimum atomic E-state index is -0.338. The smallest absolute Gasteiger partial charge is 0.0850 e. The molecule has 2 nitrogen and oxygen atoms in total. The summed E-state index contributed by atoms with van der Waals surface area (Å²) in [5, 5.41) is 10.3. The van der Waals surface area contributed by atoms with Crippen LogP contribution in [-0.4, -0.2) is 18.3 Å². The molecule has 0 spiro atoms. The molecule has 0 amide bonds. The molecule has 1 saturated heterocycles. The molecule has 2 rings (SSSR count). The minimum absolute atomic E-state index is 0.284. The third kappa shape index (κ3) is 2.41. The van der Waals surface area contributed by atoms with E-state index in [2.05, 4.69) is 19.9 Å². The predicted octanol–water partition coefficient (Wildman–Crippen LogP) is 2.82. The number of aliphatic hydroxyl groups excluding tert-OH is 1. The van der Waals surface area contributed by atoms with Gasteiger partial charge in [-0.05, 0) is 38.3 Å². The Hall–Kier alpha value is -0.380. The highest BCUT2D eigenvalue weighted by Crippen LogP contribution is 2.34. The molecule has 0 aliphatic carbocycles. The Bertz CT molecular complexity index is 326. The van der Waals surface area contributed by atoms with E-state index in [0.29, 0.717) is 6.61 Å². The van der Waals surface area contributed by atoms with Crippen molar-refractivity contribution in [2.75, 3.05) is 13.2 Å². The number of aliphatic hydroxyl groups is 1. The van der Waals surface area contributed by atoms with E-state index in [0.717, 1.165) is 25.0 Å². The van der Waals surface area contributed by atoms with E-state index in [1.807, 2.05) is 0 Å². The molecular weight excluding hydrogens is 208 g/mol. The van der Waals surface area contributed by atoms with Gasteiger partial charge in [0.15, 0.2) is 0 Å².